The van der Waals surface area contributed by atoms with Gasteiger partial charge in [-0.25, -0.2) is 4.79 Å². The summed E-state index contributed by atoms with van der Waals surface area (Å²) in [7, 11) is 2.72. The summed E-state index contributed by atoms with van der Waals surface area (Å²) in [5, 5.41) is 10.4. The van der Waals surface area contributed by atoms with Crippen LogP contribution in [0.5, 0.6) is 11.5 Å². The van der Waals surface area contributed by atoms with Gasteiger partial charge in [0.2, 0.25) is 0 Å². The molecule has 1 aliphatic rings. The first-order valence-corrected chi connectivity index (χ1v) is 9.16. The van der Waals surface area contributed by atoms with E-state index in [0.29, 0.717) is 11.3 Å². The molecule has 29 heavy (non-hydrogen) atoms. The van der Waals surface area contributed by atoms with Crippen LogP contribution in [0.1, 0.15) is 31.0 Å². The molecule has 2 aromatic rings. The van der Waals surface area contributed by atoms with Gasteiger partial charge in [0.1, 0.15) is 0 Å². The van der Waals surface area contributed by atoms with Crippen LogP contribution in [0, 0.1) is 0 Å². The summed E-state index contributed by atoms with van der Waals surface area (Å²) >= 11 is 0. The van der Waals surface area contributed by atoms with Gasteiger partial charge in [0.15, 0.2) is 11.5 Å². The smallest absolute Gasteiger partial charge is 0.340 e. The van der Waals surface area contributed by atoms with Crippen LogP contribution in [-0.4, -0.2) is 36.1 Å². The molecule has 0 aliphatic carbocycles. The molecule has 6 heteroatoms. The number of para-hydroxylation sites is 1. The minimum Gasteiger partial charge on any atom is -0.504 e. The number of esters is 1. The third kappa shape index (κ3) is 3.61. The SMILES string of the molecule is COC(=O)C1=C(C)N([C@H](C)c2ccccc2)C(=O)/C1=C\c1cccc(OC)c1O. The number of carbonyl (C=O) groups excluding carboxylic acids is 2. The molecule has 0 aromatic heterocycles. The number of nitrogens with zero attached hydrogens (tertiary/aromatic N) is 1. The molecule has 2 aromatic carbocycles. The van der Waals surface area contributed by atoms with Crippen LogP contribution in [0.25, 0.3) is 6.08 Å². The van der Waals surface area contributed by atoms with Gasteiger partial charge in [0, 0.05) is 11.3 Å². The fourth-order valence-corrected chi connectivity index (χ4v) is 3.52. The highest BCUT2D eigenvalue weighted by Crippen LogP contribution is 2.39. The summed E-state index contributed by atoms with van der Waals surface area (Å²) in [5.74, 6) is -0.764. The van der Waals surface area contributed by atoms with Gasteiger partial charge in [-0.2, -0.15) is 0 Å². The fraction of sp³-hybridized carbons (Fsp3) is 0.217. The molecule has 0 saturated carbocycles. The van der Waals surface area contributed by atoms with Gasteiger partial charge in [-0.15, -0.1) is 0 Å². The van der Waals surface area contributed by atoms with Crippen LogP contribution in [0.4, 0.5) is 0 Å². The molecule has 0 saturated heterocycles. The minimum absolute atomic E-state index is 0.105. The van der Waals surface area contributed by atoms with Crippen LogP contribution in [0.15, 0.2) is 65.4 Å². The lowest BCUT2D eigenvalue weighted by atomic mass is 10.0. The average molecular weight is 393 g/mol. The number of allylic oxidation sites excluding steroid dienone is 1. The van der Waals surface area contributed by atoms with Crippen molar-refractivity contribution in [1.29, 1.82) is 0 Å². The Hall–Kier alpha value is -3.54. The number of aromatic hydroxyl groups is 1. The molecule has 0 fully saturated rings. The Morgan fingerprint density at radius 1 is 1.10 bits per heavy atom. The average Bonchev–Trinajstić information content (AvgIpc) is 2.98. The lowest BCUT2D eigenvalue weighted by Crippen LogP contribution is -2.28. The maximum atomic E-state index is 13.3. The predicted octanol–water partition coefficient (Wildman–Crippen LogP) is 3.83. The summed E-state index contributed by atoms with van der Waals surface area (Å²) in [6.07, 6.45) is 1.49. The second kappa shape index (κ2) is 8.22. The highest BCUT2D eigenvalue weighted by atomic mass is 16.5. The zero-order chi connectivity index (χ0) is 21.1. The highest BCUT2D eigenvalue weighted by molar-refractivity contribution is 6.16. The van der Waals surface area contributed by atoms with E-state index in [9.17, 15) is 14.7 Å². The number of methoxy groups -OCH3 is 2. The van der Waals surface area contributed by atoms with Crippen LogP contribution >= 0.6 is 0 Å². The third-order valence-electron chi connectivity index (χ3n) is 5.05. The zero-order valence-corrected chi connectivity index (χ0v) is 16.8. The molecule has 6 nitrogen and oxygen atoms in total. The largest absolute Gasteiger partial charge is 0.504 e. The molecule has 1 atom stereocenters. The number of rotatable bonds is 5. The molecule has 0 spiro atoms. The first-order chi connectivity index (χ1) is 13.9. The van der Waals surface area contributed by atoms with Gasteiger partial charge in [0.05, 0.1) is 31.4 Å². The molecule has 0 radical (unpaired) electrons. The van der Waals surface area contributed by atoms with E-state index >= 15 is 0 Å². The molecule has 1 heterocycles. The van der Waals surface area contributed by atoms with Gasteiger partial charge < -0.3 is 19.5 Å². The minimum atomic E-state index is -0.604. The summed E-state index contributed by atoms with van der Waals surface area (Å²) in [6, 6.07) is 14.2. The van der Waals surface area contributed by atoms with Gasteiger partial charge >= 0.3 is 5.97 Å². The normalized spacial score (nSPS) is 16.3. The van der Waals surface area contributed by atoms with Crippen molar-refractivity contribution in [2.45, 2.75) is 19.9 Å². The fourth-order valence-electron chi connectivity index (χ4n) is 3.52. The van der Waals surface area contributed by atoms with E-state index in [-0.39, 0.29) is 34.6 Å². The Kier molecular flexibility index (Phi) is 5.73. The van der Waals surface area contributed by atoms with Crippen molar-refractivity contribution in [3.63, 3.8) is 0 Å². The Labute approximate surface area is 169 Å². The highest BCUT2D eigenvalue weighted by Gasteiger charge is 2.39. The molecule has 150 valence electrons. The number of amides is 1. The number of phenolic OH excluding ortho intramolecular Hbond substituents is 1. The maximum Gasteiger partial charge on any atom is 0.340 e. The number of phenols is 1. The zero-order valence-electron chi connectivity index (χ0n) is 16.8. The molecule has 1 N–H and O–H groups in total. The number of ether oxygens (including phenoxy) is 2. The van der Waals surface area contributed by atoms with Crippen molar-refractivity contribution in [1.82, 2.24) is 4.90 Å². The van der Waals surface area contributed by atoms with Crippen LogP contribution in [0.2, 0.25) is 0 Å². The van der Waals surface area contributed by atoms with Crippen molar-refractivity contribution in [2.75, 3.05) is 14.2 Å². The van der Waals surface area contributed by atoms with E-state index in [2.05, 4.69) is 0 Å². The molecule has 1 aliphatic heterocycles. The Morgan fingerprint density at radius 2 is 1.79 bits per heavy atom. The summed E-state index contributed by atoms with van der Waals surface area (Å²) in [4.78, 5) is 27.4. The van der Waals surface area contributed by atoms with E-state index in [1.165, 1.54) is 20.3 Å². The summed E-state index contributed by atoms with van der Waals surface area (Å²) in [5.41, 5.74) is 2.17. The molecule has 0 bridgehead atoms. The second-order valence-corrected chi connectivity index (χ2v) is 6.67. The first kappa shape index (κ1) is 20.2. The molecule has 0 unspecified atom stereocenters. The summed E-state index contributed by atoms with van der Waals surface area (Å²) in [6.45, 7) is 3.62. The van der Waals surface area contributed by atoms with Crippen LogP contribution < -0.4 is 4.74 Å². The Morgan fingerprint density at radius 3 is 2.41 bits per heavy atom. The van der Waals surface area contributed by atoms with Crippen LogP contribution in [0.3, 0.4) is 0 Å². The third-order valence-corrected chi connectivity index (χ3v) is 5.05. The van der Waals surface area contributed by atoms with Crippen molar-refractivity contribution in [3.8, 4) is 11.5 Å². The lowest BCUT2D eigenvalue weighted by molar-refractivity contribution is -0.136. The van der Waals surface area contributed by atoms with Gasteiger partial charge in [-0.3, -0.25) is 4.79 Å². The number of hydrogen-bond donors (Lipinski definition) is 1. The topological polar surface area (TPSA) is 76.1 Å². The van der Waals surface area contributed by atoms with Crippen molar-refractivity contribution >= 4 is 18.0 Å². The van der Waals surface area contributed by atoms with Crippen LogP contribution in [-0.2, 0) is 14.3 Å². The molecular formula is C23H23NO5. The Bertz CT molecular complexity index is 1010. The van der Waals surface area contributed by atoms with E-state index < -0.39 is 5.97 Å². The molecular weight excluding hydrogens is 370 g/mol. The molecule has 1 amide bonds. The van der Waals surface area contributed by atoms with Gasteiger partial charge in [-0.05, 0) is 31.6 Å². The van der Waals surface area contributed by atoms with Crippen molar-refractivity contribution in [3.05, 3.63) is 76.5 Å². The number of benzene rings is 2. The van der Waals surface area contributed by atoms with E-state index in [4.69, 9.17) is 9.47 Å². The second-order valence-electron chi connectivity index (χ2n) is 6.67. The quantitative estimate of drug-likeness (QED) is 0.617. The van der Waals surface area contributed by atoms with E-state index in [1.54, 1.807) is 30.0 Å². The standard InChI is InChI=1S/C23H23NO5/c1-14(16-9-6-5-7-10-16)24-15(2)20(23(27)29-4)18(22(24)26)13-17-11-8-12-19(28-3)21(17)25/h5-14,25H,1-4H3/b18-13-/t14-/m1/s1. The van der Waals surface area contributed by atoms with Gasteiger partial charge in [0.25, 0.3) is 5.91 Å². The molecule has 3 rings (SSSR count). The summed E-state index contributed by atoms with van der Waals surface area (Å²) < 4.78 is 10.1. The van der Waals surface area contributed by atoms with Crippen molar-refractivity contribution < 1.29 is 24.2 Å². The first-order valence-electron chi connectivity index (χ1n) is 9.16. The lowest BCUT2D eigenvalue weighted by Gasteiger charge is -2.26. The monoisotopic (exact) mass is 393 g/mol. The van der Waals surface area contributed by atoms with Gasteiger partial charge in [-0.1, -0.05) is 42.5 Å². The Balaban J connectivity index is 2.13. The predicted molar refractivity (Wildman–Crippen MR) is 109 cm³/mol. The van der Waals surface area contributed by atoms with E-state index in [0.717, 1.165) is 5.56 Å². The van der Waals surface area contributed by atoms with Crippen molar-refractivity contribution in [2.24, 2.45) is 0 Å². The van der Waals surface area contributed by atoms with E-state index in [1.807, 2.05) is 37.3 Å². The number of carbonyl (C=O) groups is 2. The maximum absolute atomic E-state index is 13.3. The number of hydrogen-bond acceptors (Lipinski definition) is 5.